The Morgan fingerprint density at radius 1 is 1.25 bits per heavy atom. The Bertz CT molecular complexity index is 787. The standard InChI is InChI=1S/C21H33BN2O4/c1-10-21(9)20(7,8)27-22(28-21)14-11-15-16(23-12-14)19(5,6)13-24(15)17(25)26-18(2,3)4/h11-12H,10,13H2,1-9H3/t21-/m0/s1. The van der Waals surface area contributed by atoms with E-state index in [1.165, 1.54) is 0 Å². The number of hydrogen-bond donors (Lipinski definition) is 0. The number of carbonyl (C=O) groups is 1. The molecule has 154 valence electrons. The molecule has 1 fully saturated rings. The minimum atomic E-state index is -0.556. The Morgan fingerprint density at radius 3 is 2.43 bits per heavy atom. The Morgan fingerprint density at radius 2 is 1.89 bits per heavy atom. The van der Waals surface area contributed by atoms with Crippen molar-refractivity contribution in [2.45, 2.75) is 91.0 Å². The summed E-state index contributed by atoms with van der Waals surface area (Å²) in [6.45, 7) is 18.6. The van der Waals surface area contributed by atoms with Gasteiger partial charge in [0.2, 0.25) is 0 Å². The smallest absolute Gasteiger partial charge is 0.443 e. The summed E-state index contributed by atoms with van der Waals surface area (Å²) in [6, 6.07) is 1.96. The summed E-state index contributed by atoms with van der Waals surface area (Å²) in [5, 5.41) is 0. The van der Waals surface area contributed by atoms with Crippen molar-refractivity contribution in [2.24, 2.45) is 0 Å². The second-order valence-electron chi connectivity index (χ2n) is 10.2. The SMILES string of the molecule is CC[C@]1(C)OB(c2cnc3c(c2)N(C(=O)OC(C)(C)C)CC3(C)C)OC1(C)C. The van der Waals surface area contributed by atoms with Crippen molar-refractivity contribution in [3.63, 3.8) is 0 Å². The molecule has 3 heterocycles. The Kier molecular flexibility index (Phi) is 4.87. The van der Waals surface area contributed by atoms with Crippen LogP contribution in [0.5, 0.6) is 0 Å². The lowest BCUT2D eigenvalue weighted by atomic mass is 9.79. The minimum Gasteiger partial charge on any atom is -0.443 e. The number of nitrogens with zero attached hydrogens (tertiary/aromatic N) is 2. The van der Waals surface area contributed by atoms with Crippen LogP contribution in [-0.4, -0.2) is 41.5 Å². The maximum Gasteiger partial charge on any atom is 0.496 e. The first-order valence-corrected chi connectivity index (χ1v) is 10.1. The molecule has 0 spiro atoms. The first kappa shape index (κ1) is 21.1. The number of rotatable bonds is 2. The molecule has 0 unspecified atom stereocenters. The highest BCUT2D eigenvalue weighted by Gasteiger charge is 2.54. The van der Waals surface area contributed by atoms with E-state index in [0.717, 1.165) is 23.3 Å². The number of hydrogen-bond acceptors (Lipinski definition) is 5. The zero-order valence-corrected chi connectivity index (χ0v) is 18.7. The van der Waals surface area contributed by atoms with Crippen LogP contribution < -0.4 is 10.4 Å². The van der Waals surface area contributed by atoms with Crippen LogP contribution in [0.25, 0.3) is 0 Å². The van der Waals surface area contributed by atoms with Crippen molar-refractivity contribution in [3.8, 4) is 0 Å². The van der Waals surface area contributed by atoms with Crippen molar-refractivity contribution >= 4 is 24.4 Å². The monoisotopic (exact) mass is 388 g/mol. The van der Waals surface area contributed by atoms with Crippen molar-refractivity contribution in [1.82, 2.24) is 4.98 Å². The van der Waals surface area contributed by atoms with E-state index in [2.05, 4.69) is 27.7 Å². The lowest BCUT2D eigenvalue weighted by molar-refractivity contribution is -0.0118. The lowest BCUT2D eigenvalue weighted by Gasteiger charge is -2.35. The van der Waals surface area contributed by atoms with Gasteiger partial charge in [-0.25, -0.2) is 4.79 Å². The molecule has 0 aliphatic carbocycles. The average Bonchev–Trinajstić information content (AvgIpc) is 2.96. The van der Waals surface area contributed by atoms with Crippen LogP contribution in [0, 0.1) is 0 Å². The second kappa shape index (κ2) is 6.46. The van der Waals surface area contributed by atoms with Gasteiger partial charge in [0.1, 0.15) is 5.60 Å². The molecule has 2 aliphatic heterocycles. The molecule has 0 aromatic carbocycles. The van der Waals surface area contributed by atoms with E-state index < -0.39 is 18.3 Å². The van der Waals surface area contributed by atoms with Gasteiger partial charge in [-0.05, 0) is 54.0 Å². The molecular weight excluding hydrogens is 355 g/mol. The molecule has 1 amide bonds. The quantitative estimate of drug-likeness (QED) is 0.722. The van der Waals surface area contributed by atoms with Crippen molar-refractivity contribution < 1.29 is 18.8 Å². The average molecular weight is 388 g/mol. The van der Waals surface area contributed by atoms with Gasteiger partial charge in [-0.15, -0.1) is 0 Å². The van der Waals surface area contributed by atoms with Gasteiger partial charge in [0.05, 0.1) is 22.6 Å². The third-order valence-corrected chi connectivity index (χ3v) is 5.98. The van der Waals surface area contributed by atoms with Gasteiger partial charge in [-0.1, -0.05) is 20.8 Å². The van der Waals surface area contributed by atoms with E-state index in [9.17, 15) is 4.79 Å². The van der Waals surface area contributed by atoms with E-state index in [1.54, 1.807) is 11.1 Å². The summed E-state index contributed by atoms with van der Waals surface area (Å²) in [6.07, 6.45) is 2.29. The fourth-order valence-electron chi connectivity index (χ4n) is 3.80. The third-order valence-electron chi connectivity index (χ3n) is 5.98. The van der Waals surface area contributed by atoms with E-state index >= 15 is 0 Å². The van der Waals surface area contributed by atoms with Crippen molar-refractivity contribution in [3.05, 3.63) is 18.0 Å². The molecule has 0 bridgehead atoms. The van der Waals surface area contributed by atoms with E-state index in [4.69, 9.17) is 19.0 Å². The number of anilines is 1. The normalized spacial score (nSPS) is 25.8. The second-order valence-corrected chi connectivity index (χ2v) is 10.2. The predicted molar refractivity (Wildman–Crippen MR) is 111 cm³/mol. The zero-order chi connectivity index (χ0) is 21.1. The van der Waals surface area contributed by atoms with E-state index in [0.29, 0.717) is 6.54 Å². The largest absolute Gasteiger partial charge is 0.496 e. The van der Waals surface area contributed by atoms with Crippen LogP contribution in [0.2, 0.25) is 0 Å². The maximum atomic E-state index is 12.8. The predicted octanol–water partition coefficient (Wildman–Crippen LogP) is 3.80. The van der Waals surface area contributed by atoms with Crippen LogP contribution in [0.1, 0.15) is 74.4 Å². The number of amides is 1. The molecule has 1 atom stereocenters. The minimum absolute atomic E-state index is 0.251. The molecule has 2 aliphatic rings. The molecule has 1 saturated heterocycles. The van der Waals surface area contributed by atoms with Gasteiger partial charge < -0.3 is 14.0 Å². The molecule has 6 nitrogen and oxygen atoms in total. The Labute approximate surface area is 169 Å². The molecule has 0 N–H and O–H groups in total. The fourth-order valence-corrected chi connectivity index (χ4v) is 3.80. The topological polar surface area (TPSA) is 60.9 Å². The molecule has 28 heavy (non-hydrogen) atoms. The maximum absolute atomic E-state index is 12.8. The molecule has 1 aromatic rings. The summed E-state index contributed by atoms with van der Waals surface area (Å²) >= 11 is 0. The Balaban J connectivity index is 1.95. The summed E-state index contributed by atoms with van der Waals surface area (Å²) < 4.78 is 18.1. The fraction of sp³-hybridized carbons (Fsp3) is 0.714. The summed E-state index contributed by atoms with van der Waals surface area (Å²) in [5.41, 5.74) is 0.856. The first-order valence-electron chi connectivity index (χ1n) is 10.1. The molecule has 3 rings (SSSR count). The number of carbonyl (C=O) groups excluding carboxylic acids is 1. The van der Waals surface area contributed by atoms with Gasteiger partial charge in [-0.2, -0.15) is 0 Å². The number of fused-ring (bicyclic) bond motifs is 1. The summed E-state index contributed by atoms with van der Waals surface area (Å²) in [4.78, 5) is 19.2. The summed E-state index contributed by atoms with van der Waals surface area (Å²) in [5.74, 6) is 0. The Hall–Kier alpha value is -1.60. The van der Waals surface area contributed by atoms with Crippen LogP contribution >= 0.6 is 0 Å². The van der Waals surface area contributed by atoms with Crippen molar-refractivity contribution in [2.75, 3.05) is 11.4 Å². The highest BCUT2D eigenvalue weighted by Crippen LogP contribution is 2.41. The first-order chi connectivity index (χ1) is 12.7. The number of pyridine rings is 1. The van der Waals surface area contributed by atoms with Crippen molar-refractivity contribution in [1.29, 1.82) is 0 Å². The number of aromatic nitrogens is 1. The highest BCUT2D eigenvalue weighted by molar-refractivity contribution is 6.62. The van der Waals surface area contributed by atoms with Crippen LogP contribution in [0.4, 0.5) is 10.5 Å². The van der Waals surface area contributed by atoms with E-state index in [1.807, 2.05) is 40.7 Å². The van der Waals surface area contributed by atoms with Gasteiger partial charge in [0, 0.05) is 23.6 Å². The third kappa shape index (κ3) is 3.55. The molecule has 0 saturated carbocycles. The van der Waals surface area contributed by atoms with E-state index in [-0.39, 0.29) is 17.1 Å². The summed E-state index contributed by atoms with van der Waals surface area (Å²) in [7, 11) is -0.512. The molecular formula is C21H33BN2O4. The van der Waals surface area contributed by atoms with Crippen LogP contribution in [0.3, 0.4) is 0 Å². The lowest BCUT2D eigenvalue weighted by Crippen LogP contribution is -2.44. The van der Waals surface area contributed by atoms with Crippen LogP contribution in [-0.2, 0) is 19.5 Å². The van der Waals surface area contributed by atoms with Gasteiger partial charge in [0.15, 0.2) is 0 Å². The van der Waals surface area contributed by atoms with Gasteiger partial charge in [0.25, 0.3) is 0 Å². The highest BCUT2D eigenvalue weighted by atomic mass is 16.7. The molecule has 7 heteroatoms. The zero-order valence-electron chi connectivity index (χ0n) is 18.7. The molecule has 0 radical (unpaired) electrons. The van der Waals surface area contributed by atoms with Gasteiger partial charge in [-0.3, -0.25) is 9.88 Å². The number of ether oxygens (including phenoxy) is 1. The molecule has 1 aromatic heterocycles. The van der Waals surface area contributed by atoms with Gasteiger partial charge >= 0.3 is 13.2 Å². The van der Waals surface area contributed by atoms with Crippen LogP contribution in [0.15, 0.2) is 12.3 Å².